The van der Waals surface area contributed by atoms with Gasteiger partial charge in [-0.05, 0) is 38.1 Å². The topological polar surface area (TPSA) is 89.3 Å². The third-order valence-electron chi connectivity index (χ3n) is 3.81. The average molecular weight is 280 g/mol. The lowest BCUT2D eigenvalue weighted by Crippen LogP contribution is -2.33. The summed E-state index contributed by atoms with van der Waals surface area (Å²) in [4.78, 5) is 16.1. The first-order chi connectivity index (χ1) is 9.83. The summed E-state index contributed by atoms with van der Waals surface area (Å²) in [6.07, 6.45) is 4.21. The number of hydrogen-bond donors (Lipinski definition) is 2. The molecule has 0 saturated carbocycles. The van der Waals surface area contributed by atoms with Crippen LogP contribution in [0.25, 0.3) is 0 Å². The summed E-state index contributed by atoms with van der Waals surface area (Å²) in [5, 5.41) is 9.87. The van der Waals surface area contributed by atoms with Gasteiger partial charge in [0.1, 0.15) is 0 Å². The van der Waals surface area contributed by atoms with Crippen LogP contribution in [0, 0.1) is 5.92 Å². The molecule has 3 heterocycles. The number of rotatable bonds is 4. The number of nitrogens with one attached hydrogen (secondary N) is 2. The monoisotopic (exact) mass is 280 g/mol. The van der Waals surface area contributed by atoms with Crippen molar-refractivity contribution in [3.05, 3.63) is 11.7 Å². The van der Waals surface area contributed by atoms with Crippen LogP contribution in [0.15, 0.2) is 4.52 Å². The minimum Gasteiger partial charge on any atom is -0.381 e. The van der Waals surface area contributed by atoms with Crippen LogP contribution in [0.4, 0.5) is 0 Å². The molecule has 0 aliphatic carbocycles. The molecule has 2 atom stereocenters. The molecule has 1 aromatic rings. The second kappa shape index (κ2) is 6.32. The van der Waals surface area contributed by atoms with E-state index in [0.29, 0.717) is 25.0 Å². The number of aromatic nitrogens is 2. The van der Waals surface area contributed by atoms with Crippen molar-refractivity contribution in [2.24, 2.45) is 5.92 Å². The Morgan fingerprint density at radius 2 is 2.35 bits per heavy atom. The number of ether oxygens (including phenoxy) is 1. The van der Waals surface area contributed by atoms with E-state index in [1.165, 1.54) is 0 Å². The van der Waals surface area contributed by atoms with Gasteiger partial charge < -0.3 is 19.9 Å². The summed E-state index contributed by atoms with van der Waals surface area (Å²) >= 11 is 0. The molecule has 7 nitrogen and oxygen atoms in total. The van der Waals surface area contributed by atoms with Gasteiger partial charge in [0.25, 0.3) is 11.7 Å². The van der Waals surface area contributed by atoms with Gasteiger partial charge in [0.05, 0.1) is 12.6 Å². The smallest absolute Gasteiger partial charge is 0.292 e. The van der Waals surface area contributed by atoms with Crippen LogP contribution < -0.4 is 10.6 Å². The van der Waals surface area contributed by atoms with Crippen molar-refractivity contribution in [3.8, 4) is 0 Å². The maximum atomic E-state index is 12.0. The van der Waals surface area contributed by atoms with E-state index in [-0.39, 0.29) is 17.8 Å². The fourth-order valence-corrected chi connectivity index (χ4v) is 2.65. The van der Waals surface area contributed by atoms with E-state index in [1.54, 1.807) is 0 Å². The Kier molecular flexibility index (Phi) is 4.27. The molecule has 1 aromatic heterocycles. The maximum Gasteiger partial charge on any atom is 0.292 e. The van der Waals surface area contributed by atoms with Crippen LogP contribution in [-0.4, -0.2) is 42.4 Å². The Morgan fingerprint density at radius 3 is 3.10 bits per heavy atom. The van der Waals surface area contributed by atoms with Crippen molar-refractivity contribution in [2.45, 2.75) is 31.7 Å². The van der Waals surface area contributed by atoms with E-state index < -0.39 is 0 Å². The molecule has 1 amide bonds. The second-order valence-corrected chi connectivity index (χ2v) is 5.40. The zero-order valence-electron chi connectivity index (χ0n) is 11.4. The van der Waals surface area contributed by atoms with E-state index >= 15 is 0 Å². The Hall–Kier alpha value is -1.47. The van der Waals surface area contributed by atoms with Crippen molar-refractivity contribution in [2.75, 3.05) is 26.3 Å². The molecule has 2 N–H and O–H groups in total. The van der Waals surface area contributed by atoms with Crippen LogP contribution in [0.1, 0.15) is 48.2 Å². The predicted octanol–water partition coefficient (Wildman–Crippen LogP) is 0.650. The summed E-state index contributed by atoms with van der Waals surface area (Å²) < 4.78 is 10.5. The fourth-order valence-electron chi connectivity index (χ4n) is 2.65. The van der Waals surface area contributed by atoms with Gasteiger partial charge >= 0.3 is 0 Å². The van der Waals surface area contributed by atoms with E-state index in [0.717, 1.165) is 38.8 Å². The van der Waals surface area contributed by atoms with E-state index in [4.69, 9.17) is 9.26 Å². The molecule has 2 saturated heterocycles. The van der Waals surface area contributed by atoms with Crippen LogP contribution in [0.5, 0.6) is 0 Å². The zero-order valence-corrected chi connectivity index (χ0v) is 11.4. The van der Waals surface area contributed by atoms with Gasteiger partial charge in [0.2, 0.25) is 5.89 Å². The van der Waals surface area contributed by atoms with Gasteiger partial charge in [-0.3, -0.25) is 4.79 Å². The van der Waals surface area contributed by atoms with Gasteiger partial charge in [0, 0.05) is 13.2 Å². The van der Waals surface area contributed by atoms with E-state index in [1.807, 2.05) is 0 Å². The van der Waals surface area contributed by atoms with Crippen molar-refractivity contribution >= 4 is 5.91 Å². The lowest BCUT2D eigenvalue weighted by atomic mass is 10.0. The second-order valence-electron chi connectivity index (χ2n) is 5.40. The Balaban J connectivity index is 1.51. The number of nitrogens with zero attached hydrogens (tertiary/aromatic N) is 2. The Morgan fingerprint density at radius 1 is 1.40 bits per heavy atom. The van der Waals surface area contributed by atoms with Crippen LogP contribution in [0.2, 0.25) is 0 Å². The molecule has 2 unspecified atom stereocenters. The molecule has 2 aliphatic rings. The molecule has 3 rings (SSSR count). The van der Waals surface area contributed by atoms with Crippen LogP contribution >= 0.6 is 0 Å². The van der Waals surface area contributed by atoms with Crippen LogP contribution in [0.3, 0.4) is 0 Å². The normalized spacial score (nSPS) is 26.6. The summed E-state index contributed by atoms with van der Waals surface area (Å²) in [7, 11) is 0. The third kappa shape index (κ3) is 3.16. The number of carbonyl (C=O) groups excluding carboxylic acids is 1. The quantitative estimate of drug-likeness (QED) is 0.841. The van der Waals surface area contributed by atoms with Gasteiger partial charge in [0.15, 0.2) is 0 Å². The first-order valence-electron chi connectivity index (χ1n) is 7.26. The van der Waals surface area contributed by atoms with Gasteiger partial charge in [-0.25, -0.2) is 0 Å². The number of carbonyl (C=O) groups is 1. The lowest BCUT2D eigenvalue weighted by Gasteiger charge is -2.21. The first kappa shape index (κ1) is 13.5. The third-order valence-corrected chi connectivity index (χ3v) is 3.81. The minimum absolute atomic E-state index is 0.0933. The van der Waals surface area contributed by atoms with E-state index in [9.17, 15) is 4.79 Å². The van der Waals surface area contributed by atoms with Crippen LogP contribution in [-0.2, 0) is 4.74 Å². The van der Waals surface area contributed by atoms with Crippen molar-refractivity contribution < 1.29 is 14.1 Å². The molecule has 2 aliphatic heterocycles. The molecule has 0 spiro atoms. The zero-order chi connectivity index (χ0) is 13.8. The lowest BCUT2D eigenvalue weighted by molar-refractivity contribution is 0.0535. The standard InChI is InChI=1S/C13H20N4O3/c18-12(15-7-9-3-2-6-19-8-9)11-16-13(20-17-11)10-4-1-5-14-10/h9-10,14H,1-8H2,(H,15,18). The number of hydrogen-bond acceptors (Lipinski definition) is 6. The molecule has 7 heteroatoms. The summed E-state index contributed by atoms with van der Waals surface area (Å²) in [5.74, 6) is 0.734. The fraction of sp³-hybridized carbons (Fsp3) is 0.769. The predicted molar refractivity (Wildman–Crippen MR) is 70.2 cm³/mol. The highest BCUT2D eigenvalue weighted by Crippen LogP contribution is 2.21. The molecular formula is C13H20N4O3. The molecular weight excluding hydrogens is 260 g/mol. The van der Waals surface area contributed by atoms with E-state index in [2.05, 4.69) is 20.8 Å². The van der Waals surface area contributed by atoms with Gasteiger partial charge in [-0.2, -0.15) is 4.98 Å². The molecule has 20 heavy (non-hydrogen) atoms. The molecule has 110 valence electrons. The van der Waals surface area contributed by atoms with Gasteiger partial charge in [-0.15, -0.1) is 0 Å². The largest absolute Gasteiger partial charge is 0.381 e. The van der Waals surface area contributed by atoms with Crippen molar-refractivity contribution in [3.63, 3.8) is 0 Å². The molecule has 2 fully saturated rings. The molecule has 0 radical (unpaired) electrons. The Bertz CT molecular complexity index is 450. The summed E-state index contributed by atoms with van der Waals surface area (Å²) in [5.41, 5.74) is 0. The SMILES string of the molecule is O=C(NCC1CCCOC1)c1noc(C2CCCN2)n1. The average Bonchev–Trinajstić information content (AvgIpc) is 3.16. The molecule has 0 bridgehead atoms. The summed E-state index contributed by atoms with van der Waals surface area (Å²) in [6, 6.07) is 0.0933. The first-order valence-corrected chi connectivity index (χ1v) is 7.26. The molecule has 0 aromatic carbocycles. The summed E-state index contributed by atoms with van der Waals surface area (Å²) in [6.45, 7) is 3.09. The minimum atomic E-state index is -0.274. The van der Waals surface area contributed by atoms with Crippen molar-refractivity contribution in [1.82, 2.24) is 20.8 Å². The maximum absolute atomic E-state index is 12.0. The van der Waals surface area contributed by atoms with Crippen molar-refractivity contribution in [1.29, 1.82) is 0 Å². The Labute approximate surface area is 117 Å². The van der Waals surface area contributed by atoms with Gasteiger partial charge in [-0.1, -0.05) is 5.16 Å². The highest BCUT2D eigenvalue weighted by molar-refractivity contribution is 5.90. The highest BCUT2D eigenvalue weighted by Gasteiger charge is 2.24. The highest BCUT2D eigenvalue weighted by atomic mass is 16.5. The number of amides is 1.